The zero-order valence-electron chi connectivity index (χ0n) is 21.6. The summed E-state index contributed by atoms with van der Waals surface area (Å²) in [7, 11) is 0. The second-order valence-corrected chi connectivity index (χ2v) is 9.99. The van der Waals surface area contributed by atoms with Crippen molar-refractivity contribution < 1.29 is 9.53 Å². The van der Waals surface area contributed by atoms with E-state index in [1.807, 2.05) is 30.9 Å². The van der Waals surface area contributed by atoms with E-state index in [0.29, 0.717) is 19.0 Å². The maximum Gasteiger partial charge on any atom is 0.253 e. The Morgan fingerprint density at radius 1 is 1.09 bits per heavy atom. The summed E-state index contributed by atoms with van der Waals surface area (Å²) in [6, 6.07) is 14.4. The van der Waals surface area contributed by atoms with Gasteiger partial charge in [-0.1, -0.05) is 38.6 Å². The summed E-state index contributed by atoms with van der Waals surface area (Å²) in [5.41, 5.74) is 5.72. The predicted molar refractivity (Wildman–Crippen MR) is 145 cm³/mol. The standard InChI is InChI=1S/C30H39N3O2/c1-6-33(7-2)29(34)24-10-8-23(9-11-24)27-19-30(14-16-31-17-15-30)35-28-18-25(12-13-26(27)28)22(5)32-20-21(3)4/h8-13,18-19,21,31-32H,5-7,14-17,20H2,1-4H3. The monoisotopic (exact) mass is 473 g/mol. The molecular weight excluding hydrogens is 434 g/mol. The topological polar surface area (TPSA) is 53.6 Å². The number of carbonyl (C=O) groups is 1. The molecule has 2 heterocycles. The molecule has 4 rings (SSSR count). The summed E-state index contributed by atoms with van der Waals surface area (Å²) in [6.45, 7) is 16.8. The van der Waals surface area contributed by atoms with E-state index in [9.17, 15) is 4.79 Å². The van der Waals surface area contributed by atoms with Crippen molar-refractivity contribution >= 4 is 17.2 Å². The number of carbonyl (C=O) groups excluding carboxylic acids is 1. The Bertz CT molecular complexity index is 1090. The number of hydrogen-bond acceptors (Lipinski definition) is 4. The molecule has 2 aromatic carbocycles. The van der Waals surface area contributed by atoms with Gasteiger partial charge in [0, 0.05) is 54.9 Å². The number of rotatable bonds is 8. The van der Waals surface area contributed by atoms with Crippen LogP contribution in [0.4, 0.5) is 0 Å². The maximum atomic E-state index is 12.8. The molecule has 35 heavy (non-hydrogen) atoms. The maximum absolute atomic E-state index is 12.8. The van der Waals surface area contributed by atoms with Gasteiger partial charge in [-0.2, -0.15) is 0 Å². The Hall–Kier alpha value is -3.05. The number of nitrogens with one attached hydrogen (secondary N) is 2. The molecule has 5 heteroatoms. The van der Waals surface area contributed by atoms with Gasteiger partial charge in [0.2, 0.25) is 0 Å². The lowest BCUT2D eigenvalue weighted by Gasteiger charge is -2.40. The van der Waals surface area contributed by atoms with Gasteiger partial charge < -0.3 is 20.3 Å². The molecule has 2 N–H and O–H groups in total. The molecule has 0 aromatic heterocycles. The van der Waals surface area contributed by atoms with Gasteiger partial charge in [-0.3, -0.25) is 4.79 Å². The van der Waals surface area contributed by atoms with Crippen molar-refractivity contribution in [2.24, 2.45) is 5.92 Å². The summed E-state index contributed by atoms with van der Waals surface area (Å²) in [5, 5.41) is 6.90. The molecular formula is C30H39N3O2. The van der Waals surface area contributed by atoms with Crippen LogP contribution in [0.5, 0.6) is 5.75 Å². The highest BCUT2D eigenvalue weighted by Crippen LogP contribution is 2.43. The zero-order valence-corrected chi connectivity index (χ0v) is 21.6. The third-order valence-electron chi connectivity index (χ3n) is 7.01. The van der Waals surface area contributed by atoms with Gasteiger partial charge in [0.05, 0.1) is 0 Å². The van der Waals surface area contributed by atoms with Crippen LogP contribution >= 0.6 is 0 Å². The lowest BCUT2D eigenvalue weighted by atomic mass is 9.83. The molecule has 0 unspecified atom stereocenters. The van der Waals surface area contributed by atoms with Crippen molar-refractivity contribution in [3.63, 3.8) is 0 Å². The molecule has 2 aliphatic rings. The summed E-state index contributed by atoms with van der Waals surface area (Å²) >= 11 is 0. The predicted octanol–water partition coefficient (Wildman–Crippen LogP) is 5.33. The molecule has 0 saturated carbocycles. The summed E-state index contributed by atoms with van der Waals surface area (Å²) in [5.74, 6) is 1.53. The van der Waals surface area contributed by atoms with Crippen LogP contribution in [0.1, 0.15) is 67.6 Å². The van der Waals surface area contributed by atoms with E-state index in [1.54, 1.807) is 0 Å². The van der Waals surface area contributed by atoms with Gasteiger partial charge in [-0.25, -0.2) is 0 Å². The van der Waals surface area contributed by atoms with E-state index in [4.69, 9.17) is 4.74 Å². The molecule has 2 aromatic rings. The average molecular weight is 474 g/mol. The number of benzene rings is 2. The number of hydrogen-bond donors (Lipinski definition) is 2. The molecule has 1 amide bonds. The molecule has 186 valence electrons. The third-order valence-corrected chi connectivity index (χ3v) is 7.01. The zero-order chi connectivity index (χ0) is 25.0. The van der Waals surface area contributed by atoms with Crippen LogP contribution < -0.4 is 15.4 Å². The number of fused-ring (bicyclic) bond motifs is 1. The Balaban J connectivity index is 1.69. The summed E-state index contributed by atoms with van der Waals surface area (Å²) in [4.78, 5) is 14.7. The fourth-order valence-electron chi connectivity index (χ4n) is 4.86. The molecule has 0 bridgehead atoms. The molecule has 0 radical (unpaired) electrons. The van der Waals surface area contributed by atoms with Crippen molar-refractivity contribution in [2.75, 3.05) is 32.7 Å². The molecule has 5 nitrogen and oxygen atoms in total. The second kappa shape index (κ2) is 10.7. The van der Waals surface area contributed by atoms with Gasteiger partial charge in [-0.05, 0) is 74.3 Å². The smallest absolute Gasteiger partial charge is 0.253 e. The molecule has 1 fully saturated rings. The Morgan fingerprint density at radius 3 is 2.37 bits per heavy atom. The number of amides is 1. The van der Waals surface area contributed by atoms with E-state index in [1.165, 1.54) is 5.57 Å². The van der Waals surface area contributed by atoms with Gasteiger partial charge in [-0.15, -0.1) is 0 Å². The number of nitrogens with zero attached hydrogens (tertiary/aromatic N) is 1. The fourth-order valence-corrected chi connectivity index (χ4v) is 4.86. The molecule has 0 atom stereocenters. The van der Waals surface area contributed by atoms with Crippen LogP contribution in [0, 0.1) is 5.92 Å². The van der Waals surface area contributed by atoms with E-state index in [2.05, 4.69) is 67.5 Å². The van der Waals surface area contributed by atoms with Crippen molar-refractivity contribution in [1.29, 1.82) is 0 Å². The van der Waals surface area contributed by atoms with E-state index < -0.39 is 0 Å². The van der Waals surface area contributed by atoms with Crippen LogP contribution in [-0.2, 0) is 0 Å². The third kappa shape index (κ3) is 5.46. The van der Waals surface area contributed by atoms with Crippen molar-refractivity contribution in [3.8, 4) is 5.75 Å². The quantitative estimate of drug-likeness (QED) is 0.544. The molecule has 2 aliphatic heterocycles. The normalized spacial score (nSPS) is 16.3. The first-order chi connectivity index (χ1) is 16.9. The minimum Gasteiger partial charge on any atom is -0.482 e. The summed E-state index contributed by atoms with van der Waals surface area (Å²) < 4.78 is 6.71. The largest absolute Gasteiger partial charge is 0.482 e. The minimum absolute atomic E-state index is 0.0785. The first-order valence-electron chi connectivity index (χ1n) is 13.0. The van der Waals surface area contributed by atoms with Crippen LogP contribution in [0.3, 0.4) is 0 Å². The highest BCUT2D eigenvalue weighted by molar-refractivity contribution is 5.95. The fraction of sp³-hybridized carbons (Fsp3) is 0.433. The average Bonchev–Trinajstić information content (AvgIpc) is 2.87. The van der Waals surface area contributed by atoms with Gasteiger partial charge in [0.25, 0.3) is 5.91 Å². The second-order valence-electron chi connectivity index (χ2n) is 9.99. The first-order valence-corrected chi connectivity index (χ1v) is 13.0. The molecule has 1 spiro atoms. The molecule has 0 aliphatic carbocycles. The highest BCUT2D eigenvalue weighted by Gasteiger charge is 2.37. The number of ether oxygens (including phenoxy) is 1. The number of piperidine rings is 1. The minimum atomic E-state index is -0.325. The van der Waals surface area contributed by atoms with E-state index in [0.717, 1.165) is 66.2 Å². The van der Waals surface area contributed by atoms with Gasteiger partial charge in [0.1, 0.15) is 11.4 Å². The van der Waals surface area contributed by atoms with Crippen molar-refractivity contribution in [2.45, 2.75) is 46.1 Å². The Labute approximate surface area is 210 Å². The van der Waals surface area contributed by atoms with Crippen LogP contribution in [0.15, 0.2) is 55.1 Å². The molecule has 1 saturated heterocycles. The van der Waals surface area contributed by atoms with E-state index in [-0.39, 0.29) is 11.5 Å². The Kier molecular flexibility index (Phi) is 7.66. The van der Waals surface area contributed by atoms with Crippen LogP contribution in [0.2, 0.25) is 0 Å². The summed E-state index contributed by atoms with van der Waals surface area (Å²) in [6.07, 6.45) is 4.15. The van der Waals surface area contributed by atoms with Crippen LogP contribution in [0.25, 0.3) is 11.3 Å². The SMILES string of the molecule is C=C(NCC(C)C)c1ccc2c(c1)OC1(C=C2c2ccc(C(=O)N(CC)CC)cc2)CCNCC1. The van der Waals surface area contributed by atoms with Gasteiger partial charge in [0.15, 0.2) is 0 Å². The lowest BCUT2D eigenvalue weighted by Crippen LogP contribution is -2.46. The van der Waals surface area contributed by atoms with E-state index >= 15 is 0 Å². The van der Waals surface area contributed by atoms with Gasteiger partial charge >= 0.3 is 0 Å². The van der Waals surface area contributed by atoms with Crippen molar-refractivity contribution in [1.82, 2.24) is 15.5 Å². The lowest BCUT2D eigenvalue weighted by molar-refractivity contribution is 0.0772. The van der Waals surface area contributed by atoms with Crippen LogP contribution in [-0.4, -0.2) is 49.1 Å². The van der Waals surface area contributed by atoms with Crippen molar-refractivity contribution in [3.05, 3.63) is 77.4 Å². The Morgan fingerprint density at radius 2 is 1.74 bits per heavy atom. The first kappa shape index (κ1) is 25.1. The highest BCUT2D eigenvalue weighted by atomic mass is 16.5.